The van der Waals surface area contributed by atoms with Gasteiger partial charge in [-0.15, -0.1) is 0 Å². The molecular formula is C10H18N2O3. The average molecular weight is 214 g/mol. The minimum Gasteiger partial charge on any atom is -0.396 e. The molecule has 15 heavy (non-hydrogen) atoms. The maximum atomic E-state index is 11.6. The molecule has 3 N–H and O–H groups in total. The molecule has 1 aliphatic rings. The first-order chi connectivity index (χ1) is 7.17. The standard InChI is InChI=1S/C10H18N2O3/c1-2-7(5-6-13)11-10(15)8-3-4-9(14)12-8/h7-8,13H,2-6H2,1H3,(H,11,15)(H,12,14)/t7?,8-/m1/s1. The summed E-state index contributed by atoms with van der Waals surface area (Å²) >= 11 is 0. The fourth-order valence-corrected chi connectivity index (χ4v) is 1.65. The maximum Gasteiger partial charge on any atom is 0.242 e. The van der Waals surface area contributed by atoms with Gasteiger partial charge in [0.05, 0.1) is 0 Å². The molecule has 5 heteroatoms. The van der Waals surface area contributed by atoms with Crippen molar-refractivity contribution in [2.24, 2.45) is 0 Å². The van der Waals surface area contributed by atoms with Gasteiger partial charge in [-0.2, -0.15) is 0 Å². The van der Waals surface area contributed by atoms with E-state index in [0.29, 0.717) is 19.3 Å². The van der Waals surface area contributed by atoms with Crippen molar-refractivity contribution in [3.05, 3.63) is 0 Å². The van der Waals surface area contributed by atoms with E-state index in [1.54, 1.807) is 0 Å². The second-order valence-electron chi connectivity index (χ2n) is 3.78. The first-order valence-electron chi connectivity index (χ1n) is 5.38. The van der Waals surface area contributed by atoms with Crippen LogP contribution in [0.5, 0.6) is 0 Å². The smallest absolute Gasteiger partial charge is 0.242 e. The van der Waals surface area contributed by atoms with E-state index in [1.165, 1.54) is 0 Å². The Morgan fingerprint density at radius 3 is 2.93 bits per heavy atom. The van der Waals surface area contributed by atoms with Gasteiger partial charge >= 0.3 is 0 Å². The predicted octanol–water partition coefficient (Wildman–Crippen LogP) is -0.458. The lowest BCUT2D eigenvalue weighted by Gasteiger charge is -2.18. The quantitative estimate of drug-likeness (QED) is 0.579. The van der Waals surface area contributed by atoms with Crippen molar-refractivity contribution < 1.29 is 14.7 Å². The minimum atomic E-state index is -0.384. The van der Waals surface area contributed by atoms with E-state index in [1.807, 2.05) is 6.92 Å². The van der Waals surface area contributed by atoms with E-state index < -0.39 is 0 Å². The number of nitrogens with one attached hydrogen (secondary N) is 2. The second kappa shape index (κ2) is 5.70. The molecule has 1 fully saturated rings. The van der Waals surface area contributed by atoms with Crippen LogP contribution in [0.4, 0.5) is 0 Å². The Bertz CT molecular complexity index is 243. The van der Waals surface area contributed by atoms with Gasteiger partial charge in [0.25, 0.3) is 0 Å². The number of hydrogen-bond acceptors (Lipinski definition) is 3. The number of amides is 2. The van der Waals surface area contributed by atoms with Gasteiger partial charge in [-0.25, -0.2) is 0 Å². The minimum absolute atomic E-state index is 0.00000189. The largest absolute Gasteiger partial charge is 0.396 e. The molecule has 5 nitrogen and oxygen atoms in total. The topological polar surface area (TPSA) is 78.4 Å². The van der Waals surface area contributed by atoms with E-state index in [-0.39, 0.29) is 30.5 Å². The van der Waals surface area contributed by atoms with Gasteiger partial charge in [0.2, 0.25) is 11.8 Å². The lowest BCUT2D eigenvalue weighted by Crippen LogP contribution is -2.46. The summed E-state index contributed by atoms with van der Waals surface area (Å²) in [6.07, 6.45) is 2.34. The Morgan fingerprint density at radius 1 is 1.73 bits per heavy atom. The first kappa shape index (κ1) is 12.0. The molecule has 0 aromatic heterocycles. The van der Waals surface area contributed by atoms with Crippen molar-refractivity contribution in [1.29, 1.82) is 0 Å². The molecule has 1 aliphatic heterocycles. The molecule has 0 aliphatic carbocycles. The highest BCUT2D eigenvalue weighted by atomic mass is 16.3. The molecule has 0 bridgehead atoms. The molecule has 1 rings (SSSR count). The molecule has 86 valence electrons. The highest BCUT2D eigenvalue weighted by Gasteiger charge is 2.27. The summed E-state index contributed by atoms with van der Waals surface area (Å²) < 4.78 is 0. The Labute approximate surface area is 89.2 Å². The molecule has 2 atom stereocenters. The number of carbonyl (C=O) groups excluding carboxylic acids is 2. The van der Waals surface area contributed by atoms with Gasteiger partial charge in [-0.05, 0) is 19.3 Å². The van der Waals surface area contributed by atoms with Gasteiger partial charge in [0.15, 0.2) is 0 Å². The second-order valence-corrected chi connectivity index (χ2v) is 3.78. The zero-order chi connectivity index (χ0) is 11.3. The van der Waals surface area contributed by atoms with Crippen LogP contribution in [0.3, 0.4) is 0 Å². The highest BCUT2D eigenvalue weighted by Crippen LogP contribution is 2.07. The van der Waals surface area contributed by atoms with E-state index in [2.05, 4.69) is 10.6 Å². The predicted molar refractivity (Wildman–Crippen MR) is 55.1 cm³/mol. The van der Waals surface area contributed by atoms with E-state index in [9.17, 15) is 9.59 Å². The summed E-state index contributed by atoms with van der Waals surface area (Å²) in [5, 5.41) is 14.2. The van der Waals surface area contributed by atoms with Crippen molar-refractivity contribution in [3.8, 4) is 0 Å². The number of aliphatic hydroxyl groups excluding tert-OH is 1. The Balaban J connectivity index is 2.36. The van der Waals surface area contributed by atoms with Crippen LogP contribution in [0.15, 0.2) is 0 Å². The van der Waals surface area contributed by atoms with Crippen molar-refractivity contribution in [1.82, 2.24) is 10.6 Å². The zero-order valence-electron chi connectivity index (χ0n) is 8.95. The molecule has 2 amide bonds. The highest BCUT2D eigenvalue weighted by molar-refractivity contribution is 5.90. The molecule has 0 radical (unpaired) electrons. The van der Waals surface area contributed by atoms with Crippen LogP contribution in [-0.2, 0) is 9.59 Å². The van der Waals surface area contributed by atoms with Crippen molar-refractivity contribution in [2.45, 2.75) is 44.7 Å². The summed E-state index contributed by atoms with van der Waals surface area (Å²) in [5.41, 5.74) is 0. The van der Waals surface area contributed by atoms with Crippen molar-refractivity contribution in [3.63, 3.8) is 0 Å². The monoisotopic (exact) mass is 214 g/mol. The SMILES string of the molecule is CCC(CCO)NC(=O)[C@H]1CCC(=O)N1. The molecule has 1 heterocycles. The third-order valence-corrected chi connectivity index (χ3v) is 2.63. The van der Waals surface area contributed by atoms with Crippen LogP contribution in [0, 0.1) is 0 Å². The van der Waals surface area contributed by atoms with Crippen LogP contribution in [0.2, 0.25) is 0 Å². The van der Waals surface area contributed by atoms with Crippen molar-refractivity contribution in [2.75, 3.05) is 6.61 Å². The summed E-state index contributed by atoms with van der Waals surface area (Å²) in [6, 6.07) is -0.384. The van der Waals surface area contributed by atoms with Crippen LogP contribution < -0.4 is 10.6 Å². The average Bonchev–Trinajstić information content (AvgIpc) is 2.64. The Hall–Kier alpha value is -1.10. The summed E-state index contributed by atoms with van der Waals surface area (Å²) in [4.78, 5) is 22.5. The lowest BCUT2D eigenvalue weighted by molar-refractivity contribution is -0.126. The molecule has 0 aromatic carbocycles. The van der Waals surface area contributed by atoms with Crippen LogP contribution in [0.25, 0.3) is 0 Å². The molecule has 0 spiro atoms. The van der Waals surface area contributed by atoms with Gasteiger partial charge in [0.1, 0.15) is 6.04 Å². The van der Waals surface area contributed by atoms with Gasteiger partial charge in [0, 0.05) is 19.1 Å². The Kier molecular flexibility index (Phi) is 4.55. The van der Waals surface area contributed by atoms with Crippen molar-refractivity contribution >= 4 is 11.8 Å². The third kappa shape index (κ3) is 3.51. The molecule has 0 saturated carbocycles. The summed E-state index contributed by atoms with van der Waals surface area (Å²) in [6.45, 7) is 2.02. The van der Waals surface area contributed by atoms with E-state index >= 15 is 0 Å². The number of aliphatic hydroxyl groups is 1. The molecule has 1 saturated heterocycles. The van der Waals surface area contributed by atoms with Gasteiger partial charge in [-0.3, -0.25) is 9.59 Å². The maximum absolute atomic E-state index is 11.6. The molecule has 1 unspecified atom stereocenters. The summed E-state index contributed by atoms with van der Waals surface area (Å²) in [5.74, 6) is -0.202. The number of rotatable bonds is 5. The van der Waals surface area contributed by atoms with Gasteiger partial charge < -0.3 is 15.7 Å². The fourth-order valence-electron chi connectivity index (χ4n) is 1.65. The van der Waals surface area contributed by atoms with Crippen LogP contribution in [-0.4, -0.2) is 35.6 Å². The Morgan fingerprint density at radius 2 is 2.47 bits per heavy atom. The molecule has 0 aromatic rings. The third-order valence-electron chi connectivity index (χ3n) is 2.63. The first-order valence-corrected chi connectivity index (χ1v) is 5.38. The molecular weight excluding hydrogens is 196 g/mol. The van der Waals surface area contributed by atoms with E-state index in [4.69, 9.17) is 5.11 Å². The zero-order valence-corrected chi connectivity index (χ0v) is 8.95. The van der Waals surface area contributed by atoms with Crippen LogP contribution >= 0.6 is 0 Å². The number of carbonyl (C=O) groups is 2. The van der Waals surface area contributed by atoms with E-state index in [0.717, 1.165) is 6.42 Å². The fraction of sp³-hybridized carbons (Fsp3) is 0.800. The summed E-state index contributed by atoms with van der Waals surface area (Å²) in [7, 11) is 0. The van der Waals surface area contributed by atoms with Gasteiger partial charge in [-0.1, -0.05) is 6.92 Å². The lowest BCUT2D eigenvalue weighted by atomic mass is 10.1. The number of hydrogen-bond donors (Lipinski definition) is 3. The van der Waals surface area contributed by atoms with Crippen LogP contribution in [0.1, 0.15) is 32.6 Å². The normalized spacial score (nSPS) is 22.3.